The number of nitrogens with one attached hydrogen (secondary N) is 1. The van der Waals surface area contributed by atoms with Crippen LogP contribution in [0.25, 0.3) is 0 Å². The van der Waals surface area contributed by atoms with Crippen LogP contribution in [0.5, 0.6) is 0 Å². The molecule has 118 valence electrons. The Morgan fingerprint density at radius 1 is 1.50 bits per heavy atom. The molecule has 1 heterocycles. The summed E-state index contributed by atoms with van der Waals surface area (Å²) >= 11 is 0. The topological polar surface area (TPSA) is 65.4 Å². The first-order valence-corrected chi connectivity index (χ1v) is 7.22. The predicted molar refractivity (Wildman–Crippen MR) is 81.1 cm³/mol. The van der Waals surface area contributed by atoms with Gasteiger partial charge in [-0.2, -0.15) is 5.26 Å². The van der Waals surface area contributed by atoms with Crippen LogP contribution in [0.15, 0.2) is 18.2 Å². The van der Waals surface area contributed by atoms with E-state index in [2.05, 4.69) is 5.32 Å². The minimum absolute atomic E-state index is 0.0496. The van der Waals surface area contributed by atoms with Crippen molar-refractivity contribution in [2.24, 2.45) is 0 Å². The summed E-state index contributed by atoms with van der Waals surface area (Å²) in [6.45, 7) is 6.70. The van der Waals surface area contributed by atoms with E-state index in [1.165, 1.54) is 12.1 Å². The first kappa shape index (κ1) is 16.1. The van der Waals surface area contributed by atoms with Crippen molar-refractivity contribution < 1.29 is 13.9 Å². The van der Waals surface area contributed by atoms with Gasteiger partial charge < -0.3 is 15.0 Å². The highest BCUT2D eigenvalue weighted by molar-refractivity contribution is 5.68. The first-order valence-electron chi connectivity index (χ1n) is 7.22. The molecular weight excluding hydrogens is 285 g/mol. The molecule has 1 amide bonds. The van der Waals surface area contributed by atoms with Gasteiger partial charge in [-0.1, -0.05) is 0 Å². The maximum Gasteiger partial charge on any atom is 0.407 e. The number of halogens is 1. The number of carbonyl (C=O) groups excluding carboxylic acids is 1. The van der Waals surface area contributed by atoms with Gasteiger partial charge in [-0.25, -0.2) is 9.18 Å². The Balaban J connectivity index is 1.99. The lowest BCUT2D eigenvalue weighted by Gasteiger charge is -2.23. The van der Waals surface area contributed by atoms with Crippen molar-refractivity contribution in [3.05, 3.63) is 29.6 Å². The normalized spacial score (nSPS) is 18.0. The molecule has 1 N–H and O–H groups in total. The van der Waals surface area contributed by atoms with Crippen LogP contribution in [0.3, 0.4) is 0 Å². The maximum absolute atomic E-state index is 13.2. The maximum atomic E-state index is 13.2. The zero-order valence-corrected chi connectivity index (χ0v) is 13.0. The lowest BCUT2D eigenvalue weighted by atomic mass is 10.1. The highest BCUT2D eigenvalue weighted by Crippen LogP contribution is 2.25. The third kappa shape index (κ3) is 4.10. The number of nitriles is 1. The quantitative estimate of drug-likeness (QED) is 0.912. The van der Waals surface area contributed by atoms with E-state index >= 15 is 0 Å². The highest BCUT2D eigenvalue weighted by Gasteiger charge is 2.27. The molecule has 1 aromatic carbocycles. The Labute approximate surface area is 129 Å². The number of carbonyl (C=O) groups is 1. The Hall–Kier alpha value is -2.29. The van der Waals surface area contributed by atoms with Crippen LogP contribution in [0.2, 0.25) is 0 Å². The second-order valence-corrected chi connectivity index (χ2v) is 6.35. The molecule has 1 aromatic rings. The molecule has 2 rings (SSSR count). The minimum atomic E-state index is -0.534. The van der Waals surface area contributed by atoms with Crippen LogP contribution in [0.1, 0.15) is 32.8 Å². The van der Waals surface area contributed by atoms with Crippen molar-refractivity contribution in [1.82, 2.24) is 5.32 Å². The van der Waals surface area contributed by atoms with E-state index in [4.69, 9.17) is 10.00 Å². The molecule has 0 aliphatic carbocycles. The van der Waals surface area contributed by atoms with Crippen LogP contribution in [-0.2, 0) is 4.74 Å². The highest BCUT2D eigenvalue weighted by atomic mass is 19.1. The number of amides is 1. The lowest BCUT2D eigenvalue weighted by Crippen LogP contribution is -2.40. The van der Waals surface area contributed by atoms with E-state index < -0.39 is 17.5 Å². The standard InChI is InChI=1S/C16H20FN3O2/c1-16(2,3)22-15(21)19-13-6-7-20(10-13)14-5-4-12(17)8-11(14)9-18/h4-5,8,13H,6-7,10H2,1-3H3,(H,19,21)/t13-/m1/s1. The average Bonchev–Trinajstić information content (AvgIpc) is 2.84. The van der Waals surface area contributed by atoms with Crippen LogP contribution in [0.4, 0.5) is 14.9 Å². The van der Waals surface area contributed by atoms with E-state index in [0.29, 0.717) is 24.3 Å². The number of hydrogen-bond acceptors (Lipinski definition) is 4. The van der Waals surface area contributed by atoms with Crippen LogP contribution < -0.4 is 10.2 Å². The number of rotatable bonds is 2. The minimum Gasteiger partial charge on any atom is -0.444 e. The summed E-state index contributed by atoms with van der Waals surface area (Å²) in [4.78, 5) is 13.7. The molecule has 5 nitrogen and oxygen atoms in total. The molecule has 22 heavy (non-hydrogen) atoms. The molecule has 1 atom stereocenters. The SMILES string of the molecule is CC(C)(C)OC(=O)N[C@@H]1CCN(c2ccc(F)cc2C#N)C1. The average molecular weight is 305 g/mol. The molecule has 1 aliphatic rings. The molecule has 1 aliphatic heterocycles. The summed E-state index contributed by atoms with van der Waals surface area (Å²) in [5, 5.41) is 11.9. The summed E-state index contributed by atoms with van der Waals surface area (Å²) in [6.07, 6.45) is 0.306. The monoisotopic (exact) mass is 305 g/mol. The summed E-state index contributed by atoms with van der Waals surface area (Å²) in [5.74, 6) is -0.428. The second-order valence-electron chi connectivity index (χ2n) is 6.35. The van der Waals surface area contributed by atoms with Crippen molar-refractivity contribution in [1.29, 1.82) is 5.26 Å². The number of benzene rings is 1. The fourth-order valence-corrected chi connectivity index (χ4v) is 2.44. The number of hydrogen-bond donors (Lipinski definition) is 1. The van der Waals surface area contributed by atoms with Gasteiger partial charge >= 0.3 is 6.09 Å². The van der Waals surface area contributed by atoms with E-state index in [-0.39, 0.29) is 6.04 Å². The van der Waals surface area contributed by atoms with Crippen molar-refractivity contribution >= 4 is 11.8 Å². The number of anilines is 1. The van der Waals surface area contributed by atoms with Gasteiger partial charge in [0.2, 0.25) is 0 Å². The van der Waals surface area contributed by atoms with Gasteiger partial charge in [0.1, 0.15) is 17.5 Å². The Morgan fingerprint density at radius 2 is 2.23 bits per heavy atom. The van der Waals surface area contributed by atoms with Gasteiger partial charge in [-0.3, -0.25) is 0 Å². The molecule has 1 saturated heterocycles. The smallest absolute Gasteiger partial charge is 0.407 e. The molecule has 0 bridgehead atoms. The fourth-order valence-electron chi connectivity index (χ4n) is 2.44. The Bertz CT molecular complexity index is 604. The Kier molecular flexibility index (Phi) is 4.55. The lowest BCUT2D eigenvalue weighted by molar-refractivity contribution is 0.0509. The Morgan fingerprint density at radius 3 is 2.86 bits per heavy atom. The molecule has 0 saturated carbocycles. The van der Waals surface area contributed by atoms with Crippen LogP contribution in [-0.4, -0.2) is 30.8 Å². The summed E-state index contributed by atoms with van der Waals surface area (Å²) < 4.78 is 18.4. The molecule has 0 aromatic heterocycles. The van der Waals surface area contributed by atoms with E-state index in [1.54, 1.807) is 6.07 Å². The first-order chi connectivity index (χ1) is 10.3. The molecule has 0 spiro atoms. The summed E-state index contributed by atoms with van der Waals surface area (Å²) in [6, 6.07) is 6.12. The molecule has 0 unspecified atom stereocenters. The largest absolute Gasteiger partial charge is 0.444 e. The van der Waals surface area contributed by atoms with E-state index in [0.717, 1.165) is 6.42 Å². The molecule has 0 radical (unpaired) electrons. The van der Waals surface area contributed by atoms with Gasteiger partial charge in [-0.05, 0) is 45.4 Å². The van der Waals surface area contributed by atoms with Gasteiger partial charge in [0.25, 0.3) is 0 Å². The molecule has 6 heteroatoms. The zero-order valence-electron chi connectivity index (χ0n) is 13.0. The number of nitrogens with zero attached hydrogens (tertiary/aromatic N) is 2. The second kappa shape index (κ2) is 6.22. The fraction of sp³-hybridized carbons (Fsp3) is 0.500. The number of alkyl carbamates (subject to hydrolysis) is 1. The van der Waals surface area contributed by atoms with Crippen molar-refractivity contribution in [3.8, 4) is 6.07 Å². The van der Waals surface area contributed by atoms with Crippen molar-refractivity contribution in [2.75, 3.05) is 18.0 Å². The van der Waals surface area contributed by atoms with Crippen molar-refractivity contribution in [3.63, 3.8) is 0 Å². The number of ether oxygens (including phenoxy) is 1. The molecular formula is C16H20FN3O2. The van der Waals surface area contributed by atoms with E-state index in [9.17, 15) is 9.18 Å². The van der Waals surface area contributed by atoms with Gasteiger partial charge in [0.05, 0.1) is 17.3 Å². The third-order valence-electron chi connectivity index (χ3n) is 3.33. The van der Waals surface area contributed by atoms with Gasteiger partial charge in [0.15, 0.2) is 0 Å². The summed E-state index contributed by atoms with van der Waals surface area (Å²) in [5.41, 5.74) is 0.461. The third-order valence-corrected chi connectivity index (χ3v) is 3.33. The van der Waals surface area contributed by atoms with Gasteiger partial charge in [-0.15, -0.1) is 0 Å². The predicted octanol–water partition coefficient (Wildman–Crippen LogP) is 2.80. The van der Waals surface area contributed by atoms with Gasteiger partial charge in [0, 0.05) is 13.1 Å². The zero-order chi connectivity index (χ0) is 16.3. The van der Waals surface area contributed by atoms with Crippen LogP contribution >= 0.6 is 0 Å². The molecule has 1 fully saturated rings. The van der Waals surface area contributed by atoms with Crippen molar-refractivity contribution in [2.45, 2.75) is 38.8 Å². The van der Waals surface area contributed by atoms with E-state index in [1.807, 2.05) is 31.7 Å². The van der Waals surface area contributed by atoms with Crippen LogP contribution in [0, 0.1) is 17.1 Å². The summed E-state index contributed by atoms with van der Waals surface area (Å²) in [7, 11) is 0.